The molecule has 5 rings (SSSR count). The molecule has 0 unspecified atom stereocenters. The van der Waals surface area contributed by atoms with Crippen LogP contribution >= 0.6 is 11.3 Å². The molecule has 0 saturated carbocycles. The van der Waals surface area contributed by atoms with Crippen molar-refractivity contribution in [3.05, 3.63) is 58.2 Å². The van der Waals surface area contributed by atoms with Gasteiger partial charge in [-0.3, -0.25) is 4.79 Å². The summed E-state index contributed by atoms with van der Waals surface area (Å²) < 4.78 is 20.8. The molecule has 0 atom stereocenters. The Morgan fingerprint density at radius 1 is 1.21 bits per heavy atom. The Bertz CT molecular complexity index is 1150. The summed E-state index contributed by atoms with van der Waals surface area (Å²) in [5.41, 5.74) is 1.78. The topological polar surface area (TPSA) is 89.9 Å². The predicted molar refractivity (Wildman–Crippen MR) is 97.8 cm³/mol. The van der Waals surface area contributed by atoms with Crippen LogP contribution in [0.5, 0.6) is 0 Å². The summed E-state index contributed by atoms with van der Waals surface area (Å²) in [6.07, 6.45) is 0. The molecule has 0 N–H and O–H groups in total. The largest absolute Gasteiger partial charge is 0.332 e. The fraction of sp³-hybridized carbons (Fsp3) is 0.167. The van der Waals surface area contributed by atoms with Gasteiger partial charge in [0.2, 0.25) is 5.82 Å². The number of aromatic nitrogens is 5. The van der Waals surface area contributed by atoms with Crippen LogP contribution in [0.3, 0.4) is 0 Å². The zero-order valence-corrected chi connectivity index (χ0v) is 15.3. The molecule has 1 aliphatic heterocycles. The first kappa shape index (κ1) is 16.8. The van der Waals surface area contributed by atoms with Crippen LogP contribution in [-0.2, 0) is 13.1 Å². The van der Waals surface area contributed by atoms with E-state index in [1.807, 2.05) is 16.8 Å². The number of fused-ring (bicyclic) bond motifs is 1. The maximum absolute atomic E-state index is 14.0. The third kappa shape index (κ3) is 2.78. The van der Waals surface area contributed by atoms with E-state index in [4.69, 9.17) is 4.52 Å². The average molecular weight is 396 g/mol. The summed E-state index contributed by atoms with van der Waals surface area (Å²) in [5.74, 6) is -0.0946. The lowest BCUT2D eigenvalue weighted by molar-refractivity contribution is 0.0682. The number of amides is 1. The van der Waals surface area contributed by atoms with Gasteiger partial charge in [-0.25, -0.2) is 9.07 Å². The van der Waals surface area contributed by atoms with Crippen molar-refractivity contribution in [2.24, 2.45) is 0 Å². The molecule has 140 valence electrons. The Hall–Kier alpha value is -3.40. The second-order valence-electron chi connectivity index (χ2n) is 6.26. The van der Waals surface area contributed by atoms with Crippen LogP contribution in [-0.4, -0.2) is 42.5 Å². The maximum atomic E-state index is 14.0. The first-order chi connectivity index (χ1) is 13.7. The van der Waals surface area contributed by atoms with E-state index in [0.717, 1.165) is 5.56 Å². The highest BCUT2D eigenvalue weighted by Crippen LogP contribution is 2.27. The molecule has 0 bridgehead atoms. The summed E-state index contributed by atoms with van der Waals surface area (Å²) in [7, 11) is 0. The molecule has 0 aliphatic carbocycles. The maximum Gasteiger partial charge on any atom is 0.281 e. The molecule has 4 aromatic rings. The third-order valence-corrected chi connectivity index (χ3v) is 5.22. The first-order valence-electron chi connectivity index (χ1n) is 8.53. The van der Waals surface area contributed by atoms with Crippen molar-refractivity contribution in [3.63, 3.8) is 0 Å². The van der Waals surface area contributed by atoms with E-state index < -0.39 is 0 Å². The van der Waals surface area contributed by atoms with Gasteiger partial charge in [-0.05, 0) is 17.5 Å². The van der Waals surface area contributed by atoms with Gasteiger partial charge < -0.3 is 9.42 Å². The minimum atomic E-state index is -0.343. The number of carbonyl (C=O) groups excluding carboxylic acids is 1. The van der Waals surface area contributed by atoms with E-state index in [1.54, 1.807) is 23.1 Å². The Labute approximate surface area is 162 Å². The van der Waals surface area contributed by atoms with Gasteiger partial charge in [0.15, 0.2) is 11.4 Å². The van der Waals surface area contributed by atoms with Gasteiger partial charge in [0.25, 0.3) is 11.8 Å². The number of thiophene rings is 1. The van der Waals surface area contributed by atoms with Gasteiger partial charge in [0.1, 0.15) is 5.82 Å². The van der Waals surface area contributed by atoms with Crippen molar-refractivity contribution in [1.82, 2.24) is 30.0 Å². The first-order valence-corrected chi connectivity index (χ1v) is 9.48. The molecule has 0 fully saturated rings. The molecule has 3 aromatic heterocycles. The lowest BCUT2D eigenvalue weighted by Crippen LogP contribution is -2.40. The fourth-order valence-corrected chi connectivity index (χ4v) is 3.74. The van der Waals surface area contributed by atoms with Crippen LogP contribution in [0.15, 0.2) is 45.6 Å². The zero-order chi connectivity index (χ0) is 19.1. The van der Waals surface area contributed by atoms with E-state index in [1.165, 1.54) is 22.1 Å². The van der Waals surface area contributed by atoms with Crippen LogP contribution in [0.1, 0.15) is 16.1 Å². The van der Waals surface area contributed by atoms with Crippen LogP contribution in [0, 0.1) is 5.82 Å². The highest BCUT2D eigenvalue weighted by molar-refractivity contribution is 7.08. The average Bonchev–Trinajstić information content (AvgIpc) is 3.45. The van der Waals surface area contributed by atoms with Crippen LogP contribution < -0.4 is 0 Å². The molecule has 0 radical (unpaired) electrons. The summed E-state index contributed by atoms with van der Waals surface area (Å²) in [4.78, 5) is 18.9. The minimum absolute atomic E-state index is 0.128. The van der Waals surface area contributed by atoms with E-state index >= 15 is 0 Å². The normalized spacial score (nSPS) is 13.8. The third-order valence-electron chi connectivity index (χ3n) is 4.53. The molecular weight excluding hydrogens is 383 g/mol. The van der Waals surface area contributed by atoms with Crippen molar-refractivity contribution in [3.8, 4) is 23.0 Å². The van der Waals surface area contributed by atoms with Gasteiger partial charge in [0.05, 0.1) is 6.54 Å². The van der Waals surface area contributed by atoms with Crippen LogP contribution in [0.25, 0.3) is 23.0 Å². The lowest BCUT2D eigenvalue weighted by Gasteiger charge is -2.27. The molecule has 4 heterocycles. The Morgan fingerprint density at radius 3 is 2.93 bits per heavy atom. The SMILES string of the molecule is O=C1c2c(-c3nc(-c4ccsc4)no3)nnn2CCN1Cc1ccccc1F. The van der Waals surface area contributed by atoms with E-state index in [-0.39, 0.29) is 35.5 Å². The number of benzene rings is 1. The highest BCUT2D eigenvalue weighted by Gasteiger charge is 2.33. The van der Waals surface area contributed by atoms with Gasteiger partial charge in [-0.1, -0.05) is 28.6 Å². The Balaban J connectivity index is 1.47. The number of carbonyl (C=O) groups is 1. The number of rotatable bonds is 4. The minimum Gasteiger partial charge on any atom is -0.332 e. The zero-order valence-electron chi connectivity index (χ0n) is 14.4. The van der Waals surface area contributed by atoms with Gasteiger partial charge >= 0.3 is 0 Å². The van der Waals surface area contributed by atoms with Crippen molar-refractivity contribution < 1.29 is 13.7 Å². The number of nitrogens with zero attached hydrogens (tertiary/aromatic N) is 6. The molecule has 8 nitrogen and oxygen atoms in total. The van der Waals surface area contributed by atoms with Crippen LogP contribution in [0.2, 0.25) is 0 Å². The summed E-state index contributed by atoms with van der Waals surface area (Å²) in [5, 5.41) is 15.9. The van der Waals surface area contributed by atoms with E-state index in [9.17, 15) is 9.18 Å². The second kappa shape index (κ2) is 6.64. The van der Waals surface area contributed by atoms with Crippen molar-refractivity contribution in [1.29, 1.82) is 0 Å². The molecule has 1 aliphatic rings. The van der Waals surface area contributed by atoms with Crippen molar-refractivity contribution >= 4 is 17.2 Å². The molecule has 0 saturated heterocycles. The molecular formula is C18H13FN6O2S. The Kier molecular flexibility index (Phi) is 3.97. The monoisotopic (exact) mass is 396 g/mol. The second-order valence-corrected chi connectivity index (χ2v) is 7.04. The Morgan fingerprint density at radius 2 is 2.11 bits per heavy atom. The standard InChI is InChI=1S/C18H13FN6O2S/c19-13-4-2-1-3-11(13)9-24-6-7-25-15(18(24)26)14(21-23-25)17-20-16(22-27-17)12-5-8-28-10-12/h1-5,8,10H,6-7,9H2. The van der Waals surface area contributed by atoms with Gasteiger partial charge in [0, 0.05) is 29.6 Å². The van der Waals surface area contributed by atoms with E-state index in [0.29, 0.717) is 24.5 Å². The van der Waals surface area contributed by atoms with Crippen molar-refractivity contribution in [2.45, 2.75) is 13.1 Å². The van der Waals surface area contributed by atoms with Gasteiger partial charge in [-0.15, -0.1) is 5.10 Å². The lowest BCUT2D eigenvalue weighted by atomic mass is 10.1. The van der Waals surface area contributed by atoms with Crippen molar-refractivity contribution in [2.75, 3.05) is 6.54 Å². The summed E-state index contributed by atoms with van der Waals surface area (Å²) >= 11 is 1.52. The highest BCUT2D eigenvalue weighted by atomic mass is 32.1. The number of hydrogen-bond donors (Lipinski definition) is 0. The van der Waals surface area contributed by atoms with Crippen LogP contribution in [0.4, 0.5) is 4.39 Å². The number of hydrogen-bond acceptors (Lipinski definition) is 7. The molecule has 0 spiro atoms. The van der Waals surface area contributed by atoms with Gasteiger partial charge in [-0.2, -0.15) is 16.3 Å². The molecule has 28 heavy (non-hydrogen) atoms. The molecule has 10 heteroatoms. The summed E-state index contributed by atoms with van der Waals surface area (Å²) in [6, 6.07) is 8.29. The summed E-state index contributed by atoms with van der Waals surface area (Å²) in [6.45, 7) is 1.03. The smallest absolute Gasteiger partial charge is 0.281 e. The quantitative estimate of drug-likeness (QED) is 0.527. The molecule has 1 amide bonds. The number of halogens is 1. The van der Waals surface area contributed by atoms with E-state index in [2.05, 4.69) is 20.5 Å². The predicted octanol–water partition coefficient (Wildman–Crippen LogP) is 2.85. The fourth-order valence-electron chi connectivity index (χ4n) is 3.10. The molecule has 1 aromatic carbocycles.